The SMILES string of the molecule is COC(=O)C(CNC=O)NC(=O)c1ccc(C#C/C=C/c2ccccc2)cc1. The standard InChI is InChI=1S/C22H20N2O4/c1-28-22(27)20(15-23-16-25)24-21(26)19-13-11-18(12-14-19)10-6-5-9-17-7-3-2-4-8-17/h2-5,7-9,11-14,16,20H,15H2,1H3,(H,23,25)(H,24,26)/b9-5+. The third-order valence-electron chi connectivity index (χ3n) is 3.72. The number of nitrogens with one attached hydrogen (secondary N) is 2. The first-order valence-electron chi connectivity index (χ1n) is 8.53. The van der Waals surface area contributed by atoms with E-state index in [0.29, 0.717) is 12.0 Å². The molecule has 0 bridgehead atoms. The highest BCUT2D eigenvalue weighted by Crippen LogP contribution is 2.05. The molecule has 2 amide bonds. The summed E-state index contributed by atoms with van der Waals surface area (Å²) in [5.74, 6) is 4.83. The predicted octanol–water partition coefficient (Wildman–Crippen LogP) is 1.77. The van der Waals surface area contributed by atoms with Crippen LogP contribution in [0.1, 0.15) is 21.5 Å². The lowest BCUT2D eigenvalue weighted by Crippen LogP contribution is -2.47. The second-order valence-corrected chi connectivity index (χ2v) is 5.67. The number of allylic oxidation sites excluding steroid dienone is 1. The second-order valence-electron chi connectivity index (χ2n) is 5.67. The van der Waals surface area contributed by atoms with Gasteiger partial charge in [0.25, 0.3) is 5.91 Å². The molecule has 0 saturated heterocycles. The Bertz CT molecular complexity index is 894. The molecule has 2 N–H and O–H groups in total. The van der Waals surface area contributed by atoms with Gasteiger partial charge in [-0.3, -0.25) is 9.59 Å². The van der Waals surface area contributed by atoms with Crippen molar-refractivity contribution in [2.75, 3.05) is 13.7 Å². The van der Waals surface area contributed by atoms with E-state index in [1.54, 1.807) is 30.3 Å². The zero-order valence-electron chi connectivity index (χ0n) is 15.3. The van der Waals surface area contributed by atoms with Crippen molar-refractivity contribution in [1.29, 1.82) is 0 Å². The van der Waals surface area contributed by atoms with Crippen LogP contribution in [0.15, 0.2) is 60.7 Å². The minimum atomic E-state index is -0.967. The summed E-state index contributed by atoms with van der Waals surface area (Å²) in [6.07, 6.45) is 4.12. The maximum Gasteiger partial charge on any atom is 0.330 e. The molecule has 0 saturated carbocycles. The largest absolute Gasteiger partial charge is 0.467 e. The molecular weight excluding hydrogens is 356 g/mol. The normalized spacial score (nSPS) is 11.0. The molecule has 0 fully saturated rings. The number of carbonyl (C=O) groups is 3. The summed E-state index contributed by atoms with van der Waals surface area (Å²) in [6, 6.07) is 15.5. The lowest BCUT2D eigenvalue weighted by Gasteiger charge is -2.15. The zero-order valence-corrected chi connectivity index (χ0v) is 15.3. The fourth-order valence-corrected chi connectivity index (χ4v) is 2.28. The molecule has 0 aliphatic heterocycles. The summed E-state index contributed by atoms with van der Waals surface area (Å²) in [5.41, 5.74) is 2.18. The molecule has 0 heterocycles. The van der Waals surface area contributed by atoms with Crippen molar-refractivity contribution in [1.82, 2.24) is 10.6 Å². The van der Waals surface area contributed by atoms with Gasteiger partial charge in [-0.05, 0) is 42.0 Å². The predicted molar refractivity (Wildman–Crippen MR) is 106 cm³/mol. The molecule has 6 nitrogen and oxygen atoms in total. The van der Waals surface area contributed by atoms with Gasteiger partial charge in [0.15, 0.2) is 0 Å². The fourth-order valence-electron chi connectivity index (χ4n) is 2.28. The first-order valence-corrected chi connectivity index (χ1v) is 8.53. The highest BCUT2D eigenvalue weighted by Gasteiger charge is 2.21. The number of rotatable bonds is 7. The Kier molecular flexibility index (Phi) is 8.03. The molecule has 0 aliphatic rings. The van der Waals surface area contributed by atoms with Gasteiger partial charge >= 0.3 is 5.97 Å². The van der Waals surface area contributed by atoms with Crippen molar-refractivity contribution < 1.29 is 19.1 Å². The fraction of sp³-hybridized carbons (Fsp3) is 0.136. The van der Waals surface area contributed by atoms with E-state index < -0.39 is 17.9 Å². The summed E-state index contributed by atoms with van der Waals surface area (Å²) in [6.45, 7) is -0.0563. The van der Waals surface area contributed by atoms with Crippen LogP contribution in [0.2, 0.25) is 0 Å². The summed E-state index contributed by atoms with van der Waals surface area (Å²) in [5, 5.41) is 4.88. The lowest BCUT2D eigenvalue weighted by atomic mass is 10.1. The quantitative estimate of drug-likeness (QED) is 0.438. The molecule has 0 spiro atoms. The number of benzene rings is 2. The molecule has 0 radical (unpaired) electrons. The van der Waals surface area contributed by atoms with E-state index in [1.165, 1.54) is 7.11 Å². The Hall–Kier alpha value is -3.85. The minimum absolute atomic E-state index is 0.0563. The topological polar surface area (TPSA) is 84.5 Å². The first kappa shape index (κ1) is 20.5. The van der Waals surface area contributed by atoms with Crippen molar-refractivity contribution in [2.45, 2.75) is 6.04 Å². The van der Waals surface area contributed by atoms with Crippen LogP contribution in [0.4, 0.5) is 0 Å². The first-order chi connectivity index (χ1) is 13.6. The Morgan fingerprint density at radius 3 is 2.46 bits per heavy atom. The van der Waals surface area contributed by atoms with Crippen molar-refractivity contribution >= 4 is 24.4 Å². The van der Waals surface area contributed by atoms with Gasteiger partial charge in [0.1, 0.15) is 6.04 Å². The van der Waals surface area contributed by atoms with Gasteiger partial charge in [-0.2, -0.15) is 0 Å². The van der Waals surface area contributed by atoms with Gasteiger partial charge in [-0.1, -0.05) is 42.2 Å². The molecule has 2 rings (SSSR count). The van der Waals surface area contributed by atoms with E-state index in [4.69, 9.17) is 0 Å². The van der Waals surface area contributed by atoms with Crippen LogP contribution >= 0.6 is 0 Å². The van der Waals surface area contributed by atoms with E-state index in [2.05, 4.69) is 27.2 Å². The molecule has 0 aromatic heterocycles. The van der Waals surface area contributed by atoms with E-state index in [9.17, 15) is 14.4 Å². The van der Waals surface area contributed by atoms with Gasteiger partial charge in [-0.25, -0.2) is 4.79 Å². The third kappa shape index (κ3) is 6.46. The molecule has 1 unspecified atom stereocenters. The molecular formula is C22H20N2O4. The smallest absolute Gasteiger partial charge is 0.330 e. The van der Waals surface area contributed by atoms with E-state index >= 15 is 0 Å². The summed E-state index contributed by atoms with van der Waals surface area (Å²) in [7, 11) is 1.21. The number of esters is 1. The van der Waals surface area contributed by atoms with Gasteiger partial charge in [-0.15, -0.1) is 0 Å². The van der Waals surface area contributed by atoms with Crippen LogP contribution in [-0.2, 0) is 14.3 Å². The molecule has 28 heavy (non-hydrogen) atoms. The van der Waals surface area contributed by atoms with Crippen LogP contribution in [0.5, 0.6) is 0 Å². The molecule has 2 aromatic carbocycles. The van der Waals surface area contributed by atoms with Crippen LogP contribution < -0.4 is 10.6 Å². The zero-order chi connectivity index (χ0) is 20.2. The van der Waals surface area contributed by atoms with Crippen molar-refractivity contribution in [3.63, 3.8) is 0 Å². The lowest BCUT2D eigenvalue weighted by molar-refractivity contribution is -0.142. The van der Waals surface area contributed by atoms with Crippen LogP contribution in [-0.4, -0.2) is 38.0 Å². The van der Waals surface area contributed by atoms with E-state index in [0.717, 1.165) is 11.1 Å². The highest BCUT2D eigenvalue weighted by atomic mass is 16.5. The van der Waals surface area contributed by atoms with Crippen LogP contribution in [0.25, 0.3) is 6.08 Å². The Morgan fingerprint density at radius 2 is 1.82 bits per heavy atom. The number of hydrogen-bond acceptors (Lipinski definition) is 4. The maximum absolute atomic E-state index is 12.3. The Morgan fingerprint density at radius 1 is 1.11 bits per heavy atom. The van der Waals surface area contributed by atoms with Gasteiger partial charge in [0, 0.05) is 17.7 Å². The summed E-state index contributed by atoms with van der Waals surface area (Å²) < 4.78 is 4.62. The average Bonchev–Trinajstić information content (AvgIpc) is 2.74. The molecule has 142 valence electrons. The number of carbonyl (C=O) groups excluding carboxylic acids is 3. The van der Waals surface area contributed by atoms with Crippen molar-refractivity contribution in [2.24, 2.45) is 0 Å². The second kappa shape index (κ2) is 11.0. The van der Waals surface area contributed by atoms with Crippen molar-refractivity contribution in [3.05, 3.63) is 77.4 Å². The number of hydrogen-bond donors (Lipinski definition) is 2. The van der Waals surface area contributed by atoms with Gasteiger partial charge < -0.3 is 15.4 Å². The molecule has 1 atom stereocenters. The summed E-state index contributed by atoms with van der Waals surface area (Å²) >= 11 is 0. The maximum atomic E-state index is 12.3. The number of ether oxygens (including phenoxy) is 1. The Balaban J connectivity index is 1.98. The summed E-state index contributed by atoms with van der Waals surface area (Å²) in [4.78, 5) is 34.4. The number of methoxy groups -OCH3 is 1. The third-order valence-corrected chi connectivity index (χ3v) is 3.72. The van der Waals surface area contributed by atoms with Crippen molar-refractivity contribution in [3.8, 4) is 11.8 Å². The molecule has 2 aromatic rings. The molecule has 0 aliphatic carbocycles. The van der Waals surface area contributed by atoms with E-state index in [1.807, 2.05) is 36.4 Å². The van der Waals surface area contributed by atoms with Gasteiger partial charge in [0.2, 0.25) is 6.41 Å². The van der Waals surface area contributed by atoms with E-state index in [-0.39, 0.29) is 6.54 Å². The molecule has 6 heteroatoms. The monoisotopic (exact) mass is 376 g/mol. The average molecular weight is 376 g/mol. The van der Waals surface area contributed by atoms with Crippen LogP contribution in [0.3, 0.4) is 0 Å². The Labute approximate surface area is 163 Å². The highest BCUT2D eigenvalue weighted by molar-refractivity contribution is 5.97. The number of amides is 2. The minimum Gasteiger partial charge on any atom is -0.467 e. The van der Waals surface area contributed by atoms with Gasteiger partial charge in [0.05, 0.1) is 7.11 Å². The van der Waals surface area contributed by atoms with Crippen LogP contribution in [0, 0.1) is 11.8 Å².